The van der Waals surface area contributed by atoms with Gasteiger partial charge in [-0.15, -0.1) is 6.58 Å². The zero-order valence-electron chi connectivity index (χ0n) is 20.5. The van der Waals surface area contributed by atoms with Crippen LogP contribution in [0.5, 0.6) is 0 Å². The zero-order valence-corrected chi connectivity index (χ0v) is 20.5. The quantitative estimate of drug-likeness (QED) is 0.166. The molecule has 3 rings (SSSR count). The summed E-state index contributed by atoms with van der Waals surface area (Å²) in [6, 6.07) is 18.8. The Morgan fingerprint density at radius 2 is 1.21 bits per heavy atom. The van der Waals surface area contributed by atoms with Crippen LogP contribution in [0.3, 0.4) is 0 Å². The van der Waals surface area contributed by atoms with E-state index in [-0.39, 0.29) is 11.8 Å². The predicted molar refractivity (Wildman–Crippen MR) is 141 cm³/mol. The van der Waals surface area contributed by atoms with Crippen molar-refractivity contribution < 1.29 is 9.59 Å². The summed E-state index contributed by atoms with van der Waals surface area (Å²) < 4.78 is 0. The molecule has 0 bridgehead atoms. The van der Waals surface area contributed by atoms with Gasteiger partial charge in [-0.2, -0.15) is 0 Å². The molecule has 0 saturated carbocycles. The average molecular weight is 459 g/mol. The Balaban J connectivity index is 1.76. The fraction of sp³-hybridized carbons (Fsp3) is 0.400. The number of hydrogen-bond acceptors (Lipinski definition) is 2. The molecule has 34 heavy (non-hydrogen) atoms. The molecule has 0 aromatic heterocycles. The van der Waals surface area contributed by atoms with E-state index >= 15 is 0 Å². The number of hydrazine groups is 1. The maximum atomic E-state index is 13.9. The average Bonchev–Trinajstić information content (AvgIpc) is 3.08. The van der Waals surface area contributed by atoms with Gasteiger partial charge in [0.15, 0.2) is 0 Å². The van der Waals surface area contributed by atoms with E-state index in [1.807, 2.05) is 66.7 Å². The molecule has 0 spiro atoms. The minimum Gasteiger partial charge on any atom is -0.271 e. The molecule has 4 nitrogen and oxygen atoms in total. The van der Waals surface area contributed by atoms with Gasteiger partial charge in [0.05, 0.1) is 11.4 Å². The molecule has 0 aliphatic carbocycles. The number of benzene rings is 2. The lowest BCUT2D eigenvalue weighted by molar-refractivity contribution is -0.134. The summed E-state index contributed by atoms with van der Waals surface area (Å²) in [7, 11) is 0. The third-order valence-electron chi connectivity index (χ3n) is 6.51. The van der Waals surface area contributed by atoms with Gasteiger partial charge in [-0.25, -0.2) is 10.0 Å². The Morgan fingerprint density at radius 3 is 1.71 bits per heavy atom. The van der Waals surface area contributed by atoms with E-state index in [4.69, 9.17) is 0 Å². The van der Waals surface area contributed by atoms with Crippen molar-refractivity contribution in [2.75, 3.05) is 10.0 Å². The van der Waals surface area contributed by atoms with Gasteiger partial charge in [0.1, 0.15) is 5.41 Å². The molecule has 0 atom stereocenters. The first kappa shape index (κ1) is 25.5. The summed E-state index contributed by atoms with van der Waals surface area (Å²) in [5.41, 5.74) is 0.190. The van der Waals surface area contributed by atoms with Gasteiger partial charge >= 0.3 is 0 Å². The van der Waals surface area contributed by atoms with E-state index in [0.29, 0.717) is 24.2 Å². The third kappa shape index (κ3) is 5.85. The first-order valence-electron chi connectivity index (χ1n) is 12.7. The number of carbonyl (C=O) groups excluding carboxylic acids is 2. The monoisotopic (exact) mass is 458 g/mol. The maximum absolute atomic E-state index is 13.9. The number of amides is 2. The molecule has 2 aromatic rings. The van der Waals surface area contributed by atoms with E-state index in [1.165, 1.54) is 48.5 Å². The Morgan fingerprint density at radius 1 is 0.706 bits per heavy atom. The number of para-hydroxylation sites is 2. The molecule has 2 amide bonds. The molecular formula is C30H38N2O2. The van der Waals surface area contributed by atoms with E-state index in [1.54, 1.807) is 6.08 Å². The normalized spacial score (nSPS) is 15.4. The summed E-state index contributed by atoms with van der Waals surface area (Å²) in [4.78, 5) is 27.8. The number of allylic oxidation sites excluding steroid dienone is 3. The Bertz CT molecular complexity index is 895. The van der Waals surface area contributed by atoms with Crippen molar-refractivity contribution in [2.24, 2.45) is 5.41 Å². The molecule has 1 heterocycles. The number of carbonyl (C=O) groups is 2. The summed E-state index contributed by atoms with van der Waals surface area (Å²) >= 11 is 0. The van der Waals surface area contributed by atoms with Crippen LogP contribution in [0.1, 0.15) is 71.1 Å². The summed E-state index contributed by atoms with van der Waals surface area (Å²) in [6.45, 7) is 6.11. The second-order valence-corrected chi connectivity index (χ2v) is 9.07. The molecule has 1 aliphatic heterocycles. The minimum absolute atomic E-state index is 0.201. The molecule has 2 aromatic carbocycles. The molecule has 180 valence electrons. The molecule has 0 radical (unpaired) electrons. The lowest BCUT2D eigenvalue weighted by atomic mass is 9.79. The highest BCUT2D eigenvalue weighted by atomic mass is 16.2. The van der Waals surface area contributed by atoms with E-state index in [2.05, 4.69) is 19.6 Å². The zero-order chi connectivity index (χ0) is 24.2. The minimum atomic E-state index is -1.18. The number of unbranched alkanes of at least 4 members (excludes halogenated alkanes) is 7. The largest absolute Gasteiger partial charge is 0.271 e. The number of nitrogens with zero attached hydrogens (tertiary/aromatic N) is 2. The van der Waals surface area contributed by atoms with Gasteiger partial charge in [0, 0.05) is 0 Å². The maximum Gasteiger partial charge on any atom is 0.262 e. The van der Waals surface area contributed by atoms with Crippen LogP contribution in [0.25, 0.3) is 0 Å². The predicted octanol–water partition coefficient (Wildman–Crippen LogP) is 7.63. The van der Waals surface area contributed by atoms with Crippen LogP contribution in [0.15, 0.2) is 85.5 Å². The highest BCUT2D eigenvalue weighted by molar-refractivity contribution is 6.26. The molecule has 0 unspecified atom stereocenters. The number of rotatable bonds is 14. The van der Waals surface area contributed by atoms with Crippen LogP contribution in [0.2, 0.25) is 0 Å². The van der Waals surface area contributed by atoms with Crippen molar-refractivity contribution in [3.05, 3.63) is 85.5 Å². The molecule has 0 N–H and O–H groups in total. The van der Waals surface area contributed by atoms with Crippen LogP contribution in [0, 0.1) is 5.41 Å². The topological polar surface area (TPSA) is 40.6 Å². The highest BCUT2D eigenvalue weighted by Crippen LogP contribution is 2.43. The van der Waals surface area contributed by atoms with Crippen LogP contribution in [0.4, 0.5) is 11.4 Å². The summed E-state index contributed by atoms with van der Waals surface area (Å²) in [5.74, 6) is -0.402. The van der Waals surface area contributed by atoms with Crippen molar-refractivity contribution in [1.29, 1.82) is 0 Å². The lowest BCUT2D eigenvalue weighted by Crippen LogP contribution is -2.41. The van der Waals surface area contributed by atoms with Crippen molar-refractivity contribution in [1.82, 2.24) is 0 Å². The van der Waals surface area contributed by atoms with Crippen molar-refractivity contribution in [3.8, 4) is 0 Å². The Hall–Kier alpha value is -3.14. The lowest BCUT2D eigenvalue weighted by Gasteiger charge is -2.27. The molecule has 1 fully saturated rings. The third-order valence-corrected chi connectivity index (χ3v) is 6.51. The molecule has 4 heteroatoms. The van der Waals surface area contributed by atoms with Gasteiger partial charge < -0.3 is 0 Å². The van der Waals surface area contributed by atoms with Gasteiger partial charge in [-0.3, -0.25) is 9.59 Å². The SMILES string of the molecule is C=CCC1(C/C=C/CCCCCCCCC)C(=O)N(c2ccccc2)N(c2ccccc2)C1=O. The van der Waals surface area contributed by atoms with Gasteiger partial charge in [0.25, 0.3) is 11.8 Å². The van der Waals surface area contributed by atoms with Gasteiger partial charge in [-0.1, -0.05) is 100 Å². The number of hydrogen-bond donors (Lipinski definition) is 0. The van der Waals surface area contributed by atoms with Gasteiger partial charge in [-0.05, 0) is 49.9 Å². The highest BCUT2D eigenvalue weighted by Gasteiger charge is 2.57. The Kier molecular flexibility index (Phi) is 9.69. The fourth-order valence-corrected chi connectivity index (χ4v) is 4.58. The van der Waals surface area contributed by atoms with E-state index < -0.39 is 5.41 Å². The standard InChI is InChI=1S/C30H38N2O2/c1-3-5-6-7-8-9-10-11-12-19-25-30(24-4-2)28(33)31(26-20-15-13-16-21-26)32(29(30)34)27-22-17-14-18-23-27/h4,12-23H,2-3,5-11,24-25H2,1H3/b19-12+. The second-order valence-electron chi connectivity index (χ2n) is 9.07. The second kappa shape index (κ2) is 12.9. The van der Waals surface area contributed by atoms with Crippen LogP contribution in [-0.4, -0.2) is 11.8 Å². The number of anilines is 2. The molecule has 1 saturated heterocycles. The molecular weight excluding hydrogens is 420 g/mol. The fourth-order valence-electron chi connectivity index (χ4n) is 4.58. The van der Waals surface area contributed by atoms with Crippen LogP contribution in [-0.2, 0) is 9.59 Å². The van der Waals surface area contributed by atoms with Crippen LogP contribution >= 0.6 is 0 Å². The Labute approximate surface area is 204 Å². The smallest absolute Gasteiger partial charge is 0.262 e. The van der Waals surface area contributed by atoms with Crippen molar-refractivity contribution in [2.45, 2.75) is 71.1 Å². The van der Waals surface area contributed by atoms with E-state index in [0.717, 1.165) is 12.8 Å². The first-order chi connectivity index (χ1) is 16.7. The van der Waals surface area contributed by atoms with Crippen molar-refractivity contribution in [3.63, 3.8) is 0 Å². The van der Waals surface area contributed by atoms with E-state index in [9.17, 15) is 9.59 Å². The van der Waals surface area contributed by atoms with Crippen molar-refractivity contribution >= 4 is 23.2 Å². The van der Waals surface area contributed by atoms with Crippen LogP contribution < -0.4 is 10.0 Å². The summed E-state index contributed by atoms with van der Waals surface area (Å²) in [6.07, 6.45) is 16.4. The summed E-state index contributed by atoms with van der Waals surface area (Å²) in [5, 5.41) is 3.07. The molecule has 1 aliphatic rings. The van der Waals surface area contributed by atoms with Gasteiger partial charge in [0.2, 0.25) is 0 Å². The first-order valence-corrected chi connectivity index (χ1v) is 12.7.